The highest BCUT2D eigenvalue weighted by Crippen LogP contribution is 2.19. The van der Waals surface area contributed by atoms with E-state index in [2.05, 4.69) is 28.7 Å². The Morgan fingerprint density at radius 3 is 3.00 bits per heavy atom. The molecule has 0 atom stereocenters. The summed E-state index contributed by atoms with van der Waals surface area (Å²) in [5, 5.41) is 5.03. The quantitative estimate of drug-likeness (QED) is 0.746. The first-order valence-electron chi connectivity index (χ1n) is 7.51. The van der Waals surface area contributed by atoms with E-state index >= 15 is 0 Å². The lowest BCUT2D eigenvalue weighted by molar-refractivity contribution is -0.121. The molecule has 5 heteroatoms. The molecule has 3 aromatic rings. The van der Waals surface area contributed by atoms with Gasteiger partial charge in [0.15, 0.2) is 5.76 Å². The minimum absolute atomic E-state index is 0.0640. The Morgan fingerprint density at radius 1 is 1.35 bits per heavy atom. The van der Waals surface area contributed by atoms with Gasteiger partial charge >= 0.3 is 0 Å². The Labute approximate surface area is 139 Å². The van der Waals surface area contributed by atoms with E-state index in [9.17, 15) is 4.79 Å². The maximum atomic E-state index is 12.0. The Hall–Kier alpha value is -2.40. The Morgan fingerprint density at radius 2 is 2.26 bits per heavy atom. The van der Waals surface area contributed by atoms with Crippen LogP contribution in [0.25, 0.3) is 11.5 Å². The third kappa shape index (κ3) is 4.07. The largest absolute Gasteiger partial charge is 0.463 e. The summed E-state index contributed by atoms with van der Waals surface area (Å²) in [5.41, 5.74) is 3.04. The van der Waals surface area contributed by atoms with Gasteiger partial charge in [0.2, 0.25) is 5.91 Å². The van der Waals surface area contributed by atoms with Crippen LogP contribution in [0, 0.1) is 6.92 Å². The first-order valence-corrected chi connectivity index (χ1v) is 8.39. The molecule has 3 heterocycles. The number of amides is 1. The predicted molar refractivity (Wildman–Crippen MR) is 91.2 cm³/mol. The molecule has 0 aliphatic heterocycles. The molecule has 0 radical (unpaired) electrons. The van der Waals surface area contributed by atoms with E-state index in [0.717, 1.165) is 23.4 Å². The minimum Gasteiger partial charge on any atom is -0.463 e. The van der Waals surface area contributed by atoms with Crippen LogP contribution in [-0.4, -0.2) is 10.9 Å². The number of hydrogen-bond donors (Lipinski definition) is 1. The van der Waals surface area contributed by atoms with Gasteiger partial charge in [-0.15, -0.1) is 11.3 Å². The fourth-order valence-electron chi connectivity index (χ4n) is 2.32. The van der Waals surface area contributed by atoms with Gasteiger partial charge in [-0.2, -0.15) is 0 Å². The number of carbonyl (C=O) groups is 1. The fraction of sp³-hybridized carbons (Fsp3) is 0.222. The number of aromatic nitrogens is 1. The first-order chi connectivity index (χ1) is 11.2. The summed E-state index contributed by atoms with van der Waals surface area (Å²) in [5.74, 6) is 0.792. The minimum atomic E-state index is 0.0640. The maximum absolute atomic E-state index is 12.0. The summed E-state index contributed by atoms with van der Waals surface area (Å²) < 4.78 is 5.34. The lowest BCUT2D eigenvalue weighted by Crippen LogP contribution is -2.23. The van der Waals surface area contributed by atoms with Gasteiger partial charge in [0, 0.05) is 24.0 Å². The standard InChI is InChI=1S/C18H18N2O2S/c1-13-7-10-23-17(13)4-5-18(21)20-12-14-6-8-19-15(11-14)16-3-2-9-22-16/h2-3,6-11H,4-5,12H2,1H3,(H,20,21). The highest BCUT2D eigenvalue weighted by Gasteiger charge is 2.07. The molecule has 3 rings (SSSR count). The third-order valence-corrected chi connectivity index (χ3v) is 4.72. The van der Waals surface area contributed by atoms with Crippen molar-refractivity contribution >= 4 is 17.2 Å². The van der Waals surface area contributed by atoms with E-state index in [-0.39, 0.29) is 5.91 Å². The summed E-state index contributed by atoms with van der Waals surface area (Å²) in [6.07, 6.45) is 4.66. The van der Waals surface area contributed by atoms with E-state index in [1.165, 1.54) is 10.4 Å². The van der Waals surface area contributed by atoms with Gasteiger partial charge in [-0.3, -0.25) is 9.78 Å². The number of aryl methyl sites for hydroxylation is 2. The number of thiophene rings is 1. The highest BCUT2D eigenvalue weighted by molar-refractivity contribution is 7.10. The molecule has 1 amide bonds. The van der Waals surface area contributed by atoms with Crippen molar-refractivity contribution in [2.45, 2.75) is 26.3 Å². The zero-order valence-corrected chi connectivity index (χ0v) is 13.7. The van der Waals surface area contributed by atoms with E-state index in [4.69, 9.17) is 4.42 Å². The van der Waals surface area contributed by atoms with Gasteiger partial charge in [0.05, 0.1) is 6.26 Å². The maximum Gasteiger partial charge on any atom is 0.220 e. The average Bonchev–Trinajstić information content (AvgIpc) is 3.23. The number of rotatable bonds is 6. The van der Waals surface area contributed by atoms with Crippen molar-refractivity contribution in [3.63, 3.8) is 0 Å². The highest BCUT2D eigenvalue weighted by atomic mass is 32.1. The van der Waals surface area contributed by atoms with Gasteiger partial charge in [-0.1, -0.05) is 0 Å². The first kappa shape index (κ1) is 15.5. The number of pyridine rings is 1. The Bertz CT molecular complexity index is 778. The van der Waals surface area contributed by atoms with Crippen LogP contribution < -0.4 is 5.32 Å². The monoisotopic (exact) mass is 326 g/mol. The van der Waals surface area contributed by atoms with Crippen molar-refractivity contribution < 1.29 is 9.21 Å². The molecule has 3 aromatic heterocycles. The molecule has 0 aliphatic carbocycles. The van der Waals surface area contributed by atoms with Crippen molar-refractivity contribution in [2.75, 3.05) is 0 Å². The summed E-state index contributed by atoms with van der Waals surface area (Å²) in [7, 11) is 0. The fourth-order valence-corrected chi connectivity index (χ4v) is 3.23. The second kappa shape index (κ2) is 7.24. The molecule has 0 fully saturated rings. The third-order valence-electron chi connectivity index (χ3n) is 3.63. The predicted octanol–water partition coefficient (Wildman–Crippen LogP) is 3.96. The normalized spacial score (nSPS) is 10.7. The van der Waals surface area contributed by atoms with Crippen molar-refractivity contribution in [1.82, 2.24) is 10.3 Å². The van der Waals surface area contributed by atoms with Crippen LogP contribution in [0.1, 0.15) is 22.4 Å². The smallest absolute Gasteiger partial charge is 0.220 e. The topological polar surface area (TPSA) is 55.1 Å². The summed E-state index contributed by atoms with van der Waals surface area (Å²) in [6, 6.07) is 9.62. The number of nitrogens with one attached hydrogen (secondary N) is 1. The lowest BCUT2D eigenvalue weighted by atomic mass is 10.2. The second-order valence-electron chi connectivity index (χ2n) is 5.33. The Balaban J connectivity index is 1.53. The van der Waals surface area contributed by atoms with Crippen molar-refractivity contribution in [3.8, 4) is 11.5 Å². The van der Waals surface area contributed by atoms with Crippen LogP contribution in [-0.2, 0) is 17.8 Å². The van der Waals surface area contributed by atoms with E-state index in [1.807, 2.05) is 24.3 Å². The van der Waals surface area contributed by atoms with Gasteiger partial charge in [0.1, 0.15) is 5.69 Å². The van der Waals surface area contributed by atoms with E-state index in [1.54, 1.807) is 23.8 Å². The molecule has 0 spiro atoms. The summed E-state index contributed by atoms with van der Waals surface area (Å²) in [4.78, 5) is 17.6. The van der Waals surface area contributed by atoms with Crippen LogP contribution >= 0.6 is 11.3 Å². The lowest BCUT2D eigenvalue weighted by Gasteiger charge is -2.06. The molecule has 0 saturated heterocycles. The summed E-state index contributed by atoms with van der Waals surface area (Å²) in [6.45, 7) is 2.58. The zero-order valence-electron chi connectivity index (χ0n) is 12.9. The van der Waals surface area contributed by atoms with E-state index in [0.29, 0.717) is 13.0 Å². The average molecular weight is 326 g/mol. The number of carbonyl (C=O) groups excluding carboxylic acids is 1. The van der Waals surface area contributed by atoms with Crippen LogP contribution in [0.5, 0.6) is 0 Å². The van der Waals surface area contributed by atoms with Crippen LogP contribution in [0.3, 0.4) is 0 Å². The zero-order chi connectivity index (χ0) is 16.1. The molecule has 4 nitrogen and oxygen atoms in total. The molecule has 0 unspecified atom stereocenters. The van der Waals surface area contributed by atoms with Crippen molar-refractivity contribution in [1.29, 1.82) is 0 Å². The molecule has 0 aromatic carbocycles. The molecule has 1 N–H and O–H groups in total. The number of furan rings is 1. The second-order valence-corrected chi connectivity index (χ2v) is 6.33. The van der Waals surface area contributed by atoms with Gasteiger partial charge in [-0.25, -0.2) is 0 Å². The molecular formula is C18H18N2O2S. The molecule has 23 heavy (non-hydrogen) atoms. The molecular weight excluding hydrogens is 308 g/mol. The molecule has 0 aliphatic rings. The van der Waals surface area contributed by atoms with Crippen LogP contribution in [0.4, 0.5) is 0 Å². The Kier molecular flexibility index (Phi) is 4.88. The SMILES string of the molecule is Cc1ccsc1CCC(=O)NCc1ccnc(-c2ccco2)c1. The summed E-state index contributed by atoms with van der Waals surface area (Å²) >= 11 is 1.71. The molecule has 0 bridgehead atoms. The van der Waals surface area contributed by atoms with E-state index < -0.39 is 0 Å². The van der Waals surface area contributed by atoms with Gasteiger partial charge in [0.25, 0.3) is 0 Å². The van der Waals surface area contributed by atoms with Crippen LogP contribution in [0.2, 0.25) is 0 Å². The van der Waals surface area contributed by atoms with Gasteiger partial charge < -0.3 is 9.73 Å². The molecule has 0 saturated carbocycles. The van der Waals surface area contributed by atoms with Crippen molar-refractivity contribution in [3.05, 3.63) is 64.2 Å². The number of hydrogen-bond acceptors (Lipinski definition) is 4. The molecule has 118 valence electrons. The van der Waals surface area contributed by atoms with Crippen molar-refractivity contribution in [2.24, 2.45) is 0 Å². The number of nitrogens with zero attached hydrogens (tertiary/aromatic N) is 1. The van der Waals surface area contributed by atoms with Crippen LogP contribution in [0.15, 0.2) is 52.6 Å². The van der Waals surface area contributed by atoms with Gasteiger partial charge in [-0.05, 0) is 60.2 Å².